The molecule has 1 amide bonds. The third-order valence-corrected chi connectivity index (χ3v) is 6.30. The molecule has 0 aliphatic heterocycles. The van der Waals surface area contributed by atoms with Gasteiger partial charge in [0.25, 0.3) is 0 Å². The molecule has 0 heterocycles. The Morgan fingerprint density at radius 2 is 1.89 bits per heavy atom. The first-order valence-corrected chi connectivity index (χ1v) is 8.39. The lowest BCUT2D eigenvalue weighted by Crippen LogP contribution is -2.47. The van der Waals surface area contributed by atoms with E-state index in [1.54, 1.807) is 0 Å². The predicted molar refractivity (Wildman–Crippen MR) is 77.7 cm³/mol. The van der Waals surface area contributed by atoms with Gasteiger partial charge in [0, 0.05) is 11.5 Å². The van der Waals surface area contributed by atoms with Crippen LogP contribution in [0.4, 0.5) is 0 Å². The standard InChI is InChI=1S/C17H29NO/c1-12(15-11-13-6-7-14(15)10-13)18-16(19)17(2)8-4-3-5-9-17/h12-15H,3-11H2,1-2H3,(H,18,19)/t12-,13+,14+,15-/m1/s1. The molecule has 3 aliphatic carbocycles. The van der Waals surface area contributed by atoms with E-state index in [9.17, 15) is 4.79 Å². The molecule has 3 saturated carbocycles. The molecule has 3 rings (SSSR count). The largest absolute Gasteiger partial charge is 0.353 e. The van der Waals surface area contributed by atoms with Gasteiger partial charge in [-0.25, -0.2) is 0 Å². The Labute approximate surface area is 117 Å². The summed E-state index contributed by atoms with van der Waals surface area (Å²) in [5.74, 6) is 2.97. The van der Waals surface area contributed by atoms with Crippen LogP contribution in [0.25, 0.3) is 0 Å². The molecule has 3 fully saturated rings. The smallest absolute Gasteiger partial charge is 0.226 e. The summed E-state index contributed by atoms with van der Waals surface area (Å²) in [5, 5.41) is 3.38. The second-order valence-corrected chi connectivity index (χ2v) is 7.72. The van der Waals surface area contributed by atoms with E-state index in [1.165, 1.54) is 44.9 Å². The van der Waals surface area contributed by atoms with Crippen LogP contribution in [0.2, 0.25) is 0 Å². The van der Waals surface area contributed by atoms with E-state index in [0.717, 1.165) is 30.6 Å². The maximum atomic E-state index is 12.6. The van der Waals surface area contributed by atoms with Crippen molar-refractivity contribution in [1.29, 1.82) is 0 Å². The quantitative estimate of drug-likeness (QED) is 0.822. The van der Waals surface area contributed by atoms with Crippen LogP contribution >= 0.6 is 0 Å². The van der Waals surface area contributed by atoms with Gasteiger partial charge in [-0.1, -0.05) is 32.6 Å². The molecule has 1 N–H and O–H groups in total. The third-order valence-electron chi connectivity index (χ3n) is 6.30. The summed E-state index contributed by atoms with van der Waals surface area (Å²) in [6.45, 7) is 4.42. The minimum Gasteiger partial charge on any atom is -0.353 e. The molecule has 3 aliphatic rings. The maximum Gasteiger partial charge on any atom is 0.226 e. The average Bonchev–Trinajstić information content (AvgIpc) is 3.01. The fraction of sp³-hybridized carbons (Fsp3) is 0.941. The van der Waals surface area contributed by atoms with Gasteiger partial charge in [0.1, 0.15) is 0 Å². The number of fused-ring (bicyclic) bond motifs is 2. The number of carbonyl (C=O) groups excluding carboxylic acids is 1. The van der Waals surface area contributed by atoms with Gasteiger partial charge in [0.05, 0.1) is 0 Å². The van der Waals surface area contributed by atoms with Crippen molar-refractivity contribution in [3.05, 3.63) is 0 Å². The van der Waals surface area contributed by atoms with Crippen LogP contribution in [0.15, 0.2) is 0 Å². The summed E-state index contributed by atoms with van der Waals surface area (Å²) < 4.78 is 0. The average molecular weight is 263 g/mol. The van der Waals surface area contributed by atoms with Crippen molar-refractivity contribution in [2.24, 2.45) is 23.2 Å². The normalized spacial score (nSPS) is 38.1. The molecular formula is C17H29NO. The molecule has 0 aromatic heterocycles. The number of carbonyl (C=O) groups is 1. The van der Waals surface area contributed by atoms with Gasteiger partial charge in [-0.05, 0) is 56.8 Å². The van der Waals surface area contributed by atoms with Crippen LogP contribution in [-0.4, -0.2) is 11.9 Å². The Balaban J connectivity index is 1.57. The number of hydrogen-bond acceptors (Lipinski definition) is 1. The highest BCUT2D eigenvalue weighted by Crippen LogP contribution is 2.49. The molecule has 0 radical (unpaired) electrons. The van der Waals surface area contributed by atoms with Crippen molar-refractivity contribution < 1.29 is 4.79 Å². The first-order chi connectivity index (χ1) is 9.08. The van der Waals surface area contributed by atoms with E-state index in [1.807, 2.05) is 0 Å². The SMILES string of the molecule is C[C@@H](NC(=O)C1(C)CCCCC1)[C@H]1C[C@H]2CC[C@H]1C2. The van der Waals surface area contributed by atoms with E-state index in [4.69, 9.17) is 0 Å². The Morgan fingerprint density at radius 1 is 1.16 bits per heavy atom. The van der Waals surface area contributed by atoms with Crippen LogP contribution in [0.3, 0.4) is 0 Å². The third kappa shape index (κ3) is 2.55. The number of nitrogens with one attached hydrogen (secondary N) is 1. The second-order valence-electron chi connectivity index (χ2n) is 7.72. The van der Waals surface area contributed by atoms with Crippen LogP contribution in [-0.2, 0) is 4.79 Å². The van der Waals surface area contributed by atoms with E-state index in [0.29, 0.717) is 11.9 Å². The predicted octanol–water partition coefficient (Wildman–Crippen LogP) is 3.90. The zero-order chi connectivity index (χ0) is 13.5. The van der Waals surface area contributed by atoms with Gasteiger partial charge in [0.15, 0.2) is 0 Å². The molecule has 0 aromatic carbocycles. The second kappa shape index (κ2) is 5.10. The molecule has 2 nitrogen and oxygen atoms in total. The summed E-state index contributed by atoms with van der Waals surface area (Å²) in [7, 11) is 0. The van der Waals surface area contributed by atoms with E-state index < -0.39 is 0 Å². The van der Waals surface area contributed by atoms with Crippen LogP contribution in [0, 0.1) is 23.2 Å². The first kappa shape index (κ1) is 13.5. The maximum absolute atomic E-state index is 12.6. The van der Waals surface area contributed by atoms with Crippen molar-refractivity contribution in [3.8, 4) is 0 Å². The minimum atomic E-state index is -0.0792. The van der Waals surface area contributed by atoms with Gasteiger partial charge in [-0.15, -0.1) is 0 Å². The van der Waals surface area contributed by atoms with Crippen molar-refractivity contribution in [2.45, 2.75) is 77.7 Å². The molecule has 4 atom stereocenters. The fourth-order valence-electron chi connectivity index (χ4n) is 4.95. The Hall–Kier alpha value is -0.530. The van der Waals surface area contributed by atoms with Gasteiger partial charge in [-0.3, -0.25) is 4.79 Å². The number of amides is 1. The molecule has 0 unspecified atom stereocenters. The molecule has 19 heavy (non-hydrogen) atoms. The molecule has 0 spiro atoms. The lowest BCUT2D eigenvalue weighted by Gasteiger charge is -2.35. The van der Waals surface area contributed by atoms with Gasteiger partial charge >= 0.3 is 0 Å². The molecule has 2 bridgehead atoms. The summed E-state index contributed by atoms with van der Waals surface area (Å²) in [6.07, 6.45) is 11.6. The number of hydrogen-bond donors (Lipinski definition) is 1. The van der Waals surface area contributed by atoms with Gasteiger partial charge < -0.3 is 5.32 Å². The fourth-order valence-corrected chi connectivity index (χ4v) is 4.95. The van der Waals surface area contributed by atoms with Crippen LogP contribution in [0.1, 0.15) is 71.6 Å². The molecule has 108 valence electrons. The highest BCUT2D eigenvalue weighted by Gasteiger charge is 2.43. The zero-order valence-corrected chi connectivity index (χ0v) is 12.6. The Morgan fingerprint density at radius 3 is 2.47 bits per heavy atom. The first-order valence-electron chi connectivity index (χ1n) is 8.39. The zero-order valence-electron chi connectivity index (χ0n) is 12.6. The summed E-state index contributed by atoms with van der Waals surface area (Å²) in [6, 6.07) is 0.390. The van der Waals surface area contributed by atoms with Gasteiger partial charge in [-0.2, -0.15) is 0 Å². The van der Waals surface area contributed by atoms with Crippen molar-refractivity contribution in [3.63, 3.8) is 0 Å². The van der Waals surface area contributed by atoms with E-state index in [-0.39, 0.29) is 5.41 Å². The van der Waals surface area contributed by atoms with Crippen molar-refractivity contribution in [2.75, 3.05) is 0 Å². The Bertz CT molecular complexity index is 345. The van der Waals surface area contributed by atoms with Crippen LogP contribution in [0.5, 0.6) is 0 Å². The van der Waals surface area contributed by atoms with Crippen LogP contribution < -0.4 is 5.32 Å². The van der Waals surface area contributed by atoms with E-state index in [2.05, 4.69) is 19.2 Å². The summed E-state index contributed by atoms with van der Waals surface area (Å²) >= 11 is 0. The van der Waals surface area contributed by atoms with Gasteiger partial charge in [0.2, 0.25) is 5.91 Å². The van der Waals surface area contributed by atoms with Crippen molar-refractivity contribution in [1.82, 2.24) is 5.32 Å². The molecule has 2 heteroatoms. The molecule has 0 aromatic rings. The lowest BCUT2D eigenvalue weighted by molar-refractivity contribution is -0.133. The Kier molecular flexibility index (Phi) is 3.61. The van der Waals surface area contributed by atoms with E-state index >= 15 is 0 Å². The molecular weight excluding hydrogens is 234 g/mol. The lowest BCUT2D eigenvalue weighted by atomic mass is 9.74. The minimum absolute atomic E-state index is 0.0792. The topological polar surface area (TPSA) is 29.1 Å². The highest BCUT2D eigenvalue weighted by molar-refractivity contribution is 5.82. The number of rotatable bonds is 3. The van der Waals surface area contributed by atoms with Crippen molar-refractivity contribution >= 4 is 5.91 Å². The monoisotopic (exact) mass is 263 g/mol. The highest BCUT2D eigenvalue weighted by atomic mass is 16.2. The summed E-state index contributed by atoms with van der Waals surface area (Å²) in [4.78, 5) is 12.6. The molecule has 0 saturated heterocycles. The summed E-state index contributed by atoms with van der Waals surface area (Å²) in [5.41, 5.74) is -0.0792.